The third kappa shape index (κ3) is 2.23. The Bertz CT molecular complexity index is 619. The lowest BCUT2D eigenvalue weighted by atomic mass is 9.97. The van der Waals surface area contributed by atoms with Gasteiger partial charge in [0.25, 0.3) is 5.56 Å². The molecule has 1 atom stereocenters. The molecule has 1 aromatic rings. The van der Waals surface area contributed by atoms with Gasteiger partial charge in [-0.25, -0.2) is 4.79 Å². The molecule has 2 N–H and O–H groups in total. The van der Waals surface area contributed by atoms with Crippen LogP contribution in [0.5, 0.6) is 0 Å². The SMILES string of the molecule is C=C1C=C(CCC(C)CC)c2c1[nH]c(=O)[nH]c2=O. The Balaban J connectivity index is 2.33. The van der Waals surface area contributed by atoms with Crippen LogP contribution in [-0.2, 0) is 0 Å². The van der Waals surface area contributed by atoms with E-state index in [0.717, 1.165) is 24.8 Å². The van der Waals surface area contributed by atoms with Gasteiger partial charge in [-0.05, 0) is 36.0 Å². The number of aromatic amines is 2. The predicted octanol–water partition coefficient (Wildman–Crippen LogP) is 2.30. The average molecular weight is 246 g/mol. The van der Waals surface area contributed by atoms with Gasteiger partial charge in [0, 0.05) is 0 Å². The number of allylic oxidation sites excluding steroid dienone is 3. The van der Waals surface area contributed by atoms with Crippen molar-refractivity contribution in [3.63, 3.8) is 0 Å². The highest BCUT2D eigenvalue weighted by Gasteiger charge is 2.21. The minimum atomic E-state index is -0.475. The molecule has 4 nitrogen and oxygen atoms in total. The monoisotopic (exact) mass is 246 g/mol. The van der Waals surface area contributed by atoms with Gasteiger partial charge in [0.05, 0.1) is 11.3 Å². The second-order valence-electron chi connectivity index (χ2n) is 4.91. The van der Waals surface area contributed by atoms with E-state index in [4.69, 9.17) is 0 Å². The largest absolute Gasteiger partial charge is 0.326 e. The molecule has 1 unspecified atom stereocenters. The van der Waals surface area contributed by atoms with Crippen molar-refractivity contribution < 1.29 is 0 Å². The summed E-state index contributed by atoms with van der Waals surface area (Å²) >= 11 is 0. The molecule has 0 saturated heterocycles. The number of aromatic nitrogens is 2. The fraction of sp³-hybridized carbons (Fsp3) is 0.429. The van der Waals surface area contributed by atoms with Gasteiger partial charge in [-0.2, -0.15) is 0 Å². The average Bonchev–Trinajstić information content (AvgIpc) is 2.63. The highest BCUT2D eigenvalue weighted by atomic mass is 16.2. The maximum atomic E-state index is 11.8. The van der Waals surface area contributed by atoms with E-state index in [1.165, 1.54) is 0 Å². The molecule has 0 spiro atoms. The Labute approximate surface area is 105 Å². The summed E-state index contributed by atoms with van der Waals surface area (Å²) in [6.07, 6.45) is 4.91. The Hall–Kier alpha value is -1.84. The third-order valence-corrected chi connectivity index (χ3v) is 3.54. The zero-order valence-electron chi connectivity index (χ0n) is 10.8. The lowest BCUT2D eigenvalue weighted by molar-refractivity contribution is 0.525. The Kier molecular flexibility index (Phi) is 3.36. The number of hydrogen-bond acceptors (Lipinski definition) is 2. The lowest BCUT2D eigenvalue weighted by Crippen LogP contribution is -2.26. The first-order chi connectivity index (χ1) is 8.52. The van der Waals surface area contributed by atoms with Gasteiger partial charge in [-0.1, -0.05) is 26.8 Å². The van der Waals surface area contributed by atoms with Crippen molar-refractivity contribution in [3.8, 4) is 0 Å². The van der Waals surface area contributed by atoms with Crippen molar-refractivity contribution in [1.82, 2.24) is 9.97 Å². The van der Waals surface area contributed by atoms with Crippen LogP contribution in [0.2, 0.25) is 0 Å². The third-order valence-electron chi connectivity index (χ3n) is 3.54. The molecule has 4 heteroatoms. The molecule has 0 aliphatic heterocycles. The highest BCUT2D eigenvalue weighted by molar-refractivity contribution is 5.92. The molecule has 1 aliphatic rings. The minimum Gasteiger partial charge on any atom is -0.306 e. The molecule has 0 radical (unpaired) electrons. The first-order valence-electron chi connectivity index (χ1n) is 6.29. The van der Waals surface area contributed by atoms with E-state index in [2.05, 4.69) is 30.4 Å². The summed E-state index contributed by atoms with van der Waals surface area (Å²) in [6.45, 7) is 8.23. The number of hydrogen-bond donors (Lipinski definition) is 2. The van der Waals surface area contributed by atoms with E-state index in [9.17, 15) is 9.59 Å². The van der Waals surface area contributed by atoms with E-state index in [1.54, 1.807) is 0 Å². The molecular formula is C14H18N2O2. The van der Waals surface area contributed by atoms with Crippen molar-refractivity contribution >= 4 is 11.1 Å². The molecule has 0 saturated carbocycles. The van der Waals surface area contributed by atoms with Crippen molar-refractivity contribution in [2.45, 2.75) is 33.1 Å². The number of rotatable bonds is 4. The summed E-state index contributed by atoms with van der Waals surface area (Å²) < 4.78 is 0. The van der Waals surface area contributed by atoms with E-state index >= 15 is 0 Å². The normalized spacial score (nSPS) is 15.4. The predicted molar refractivity (Wildman–Crippen MR) is 73.4 cm³/mol. The maximum absolute atomic E-state index is 11.8. The second kappa shape index (κ2) is 4.80. The molecular weight excluding hydrogens is 228 g/mol. The number of nitrogens with one attached hydrogen (secondary N) is 2. The van der Waals surface area contributed by atoms with Gasteiger partial charge >= 0.3 is 5.69 Å². The molecule has 0 amide bonds. The molecule has 1 aromatic heterocycles. The molecule has 0 fully saturated rings. The van der Waals surface area contributed by atoms with E-state index in [-0.39, 0.29) is 5.56 Å². The summed E-state index contributed by atoms with van der Waals surface area (Å²) in [6, 6.07) is 0. The molecule has 2 rings (SSSR count). The smallest absolute Gasteiger partial charge is 0.306 e. The maximum Gasteiger partial charge on any atom is 0.326 e. The summed E-state index contributed by atoms with van der Waals surface area (Å²) in [5.41, 5.74) is 2.06. The van der Waals surface area contributed by atoms with Crippen LogP contribution in [0.15, 0.2) is 22.2 Å². The van der Waals surface area contributed by atoms with Gasteiger partial charge in [-0.15, -0.1) is 0 Å². The van der Waals surface area contributed by atoms with Crippen molar-refractivity contribution in [3.05, 3.63) is 44.8 Å². The van der Waals surface area contributed by atoms with Crippen LogP contribution in [-0.4, -0.2) is 9.97 Å². The fourth-order valence-corrected chi connectivity index (χ4v) is 2.19. The number of fused-ring (bicyclic) bond motifs is 1. The van der Waals surface area contributed by atoms with Gasteiger partial charge < -0.3 is 4.98 Å². The molecule has 1 heterocycles. The van der Waals surface area contributed by atoms with Crippen LogP contribution in [0.3, 0.4) is 0 Å². The van der Waals surface area contributed by atoms with Crippen LogP contribution >= 0.6 is 0 Å². The van der Waals surface area contributed by atoms with Crippen molar-refractivity contribution in [2.24, 2.45) is 5.92 Å². The highest BCUT2D eigenvalue weighted by Crippen LogP contribution is 2.33. The van der Waals surface area contributed by atoms with Gasteiger partial charge in [0.15, 0.2) is 0 Å². The van der Waals surface area contributed by atoms with E-state index in [0.29, 0.717) is 22.7 Å². The first kappa shape index (κ1) is 12.6. The number of H-pyrrole nitrogens is 2. The zero-order chi connectivity index (χ0) is 13.3. The molecule has 1 aliphatic carbocycles. The van der Waals surface area contributed by atoms with Gasteiger partial charge in [0.1, 0.15) is 0 Å². The summed E-state index contributed by atoms with van der Waals surface area (Å²) in [4.78, 5) is 28.0. The quantitative estimate of drug-likeness (QED) is 0.856. The summed E-state index contributed by atoms with van der Waals surface area (Å²) in [7, 11) is 0. The topological polar surface area (TPSA) is 65.7 Å². The molecule has 0 aromatic carbocycles. The van der Waals surface area contributed by atoms with E-state index < -0.39 is 5.69 Å². The minimum absolute atomic E-state index is 0.317. The molecule has 96 valence electrons. The zero-order valence-corrected chi connectivity index (χ0v) is 10.8. The molecule has 18 heavy (non-hydrogen) atoms. The van der Waals surface area contributed by atoms with E-state index in [1.807, 2.05) is 6.08 Å². The van der Waals surface area contributed by atoms with Crippen LogP contribution in [0.25, 0.3) is 11.1 Å². The van der Waals surface area contributed by atoms with Crippen LogP contribution in [0.1, 0.15) is 44.4 Å². The second-order valence-corrected chi connectivity index (χ2v) is 4.91. The van der Waals surface area contributed by atoms with Crippen LogP contribution in [0, 0.1) is 5.92 Å². The van der Waals surface area contributed by atoms with Crippen molar-refractivity contribution in [2.75, 3.05) is 0 Å². The molecule has 0 bridgehead atoms. The summed E-state index contributed by atoms with van der Waals surface area (Å²) in [5, 5.41) is 0. The van der Waals surface area contributed by atoms with Gasteiger partial charge in [0.2, 0.25) is 0 Å². The Morgan fingerprint density at radius 1 is 1.33 bits per heavy atom. The van der Waals surface area contributed by atoms with Crippen LogP contribution < -0.4 is 11.2 Å². The Morgan fingerprint density at radius 2 is 2.06 bits per heavy atom. The Morgan fingerprint density at radius 3 is 2.72 bits per heavy atom. The van der Waals surface area contributed by atoms with Crippen LogP contribution in [0.4, 0.5) is 0 Å². The summed E-state index contributed by atoms with van der Waals surface area (Å²) in [5.74, 6) is 0.630. The standard InChI is InChI=1S/C14H18N2O2/c1-4-8(2)5-6-10-7-9(3)12-11(10)13(17)16-14(18)15-12/h7-8H,3-6H2,1-2H3,(H2,15,16,17,18). The fourth-order valence-electron chi connectivity index (χ4n) is 2.19. The first-order valence-corrected chi connectivity index (χ1v) is 6.29. The van der Waals surface area contributed by atoms with Crippen molar-refractivity contribution in [1.29, 1.82) is 0 Å². The van der Waals surface area contributed by atoms with Gasteiger partial charge in [-0.3, -0.25) is 9.78 Å². The lowest BCUT2D eigenvalue weighted by Gasteiger charge is -2.08.